The molecule has 0 heterocycles. The molecule has 0 aliphatic heterocycles. The van der Waals surface area contributed by atoms with E-state index in [1.54, 1.807) is 0 Å². The fraction of sp³-hybridized carbons (Fsp3) is 0.667. The summed E-state index contributed by atoms with van der Waals surface area (Å²) < 4.78 is 4.37. The second-order valence-corrected chi connectivity index (χ2v) is 2.70. The van der Waals surface area contributed by atoms with Gasteiger partial charge in [-0.2, -0.15) is 0 Å². The molecule has 0 atom stereocenters. The number of hydrogen-bond donors (Lipinski definition) is 2. The van der Waals surface area contributed by atoms with Crippen LogP contribution in [-0.4, -0.2) is 35.2 Å². The third-order valence-electron chi connectivity index (χ3n) is 1.25. The third-order valence-corrected chi connectivity index (χ3v) is 1.25. The lowest BCUT2D eigenvalue weighted by atomic mass is 10.2. The summed E-state index contributed by atoms with van der Waals surface area (Å²) in [5.41, 5.74) is 0. The van der Waals surface area contributed by atoms with Gasteiger partial charge in [-0.25, -0.2) is 0 Å². The first kappa shape index (κ1) is 15.9. The zero-order chi connectivity index (χ0) is 12.3. The van der Waals surface area contributed by atoms with E-state index >= 15 is 0 Å². The number of methoxy groups -OCH3 is 1. The predicted molar refractivity (Wildman–Crippen MR) is 51.4 cm³/mol. The van der Waals surface area contributed by atoms with Crippen LogP contribution in [0.25, 0.3) is 0 Å². The molecule has 0 saturated carbocycles. The number of rotatable bonds is 5. The van der Waals surface area contributed by atoms with Crippen molar-refractivity contribution in [2.75, 3.05) is 7.11 Å². The van der Waals surface area contributed by atoms with Crippen molar-refractivity contribution in [1.82, 2.24) is 0 Å². The quantitative estimate of drug-likeness (QED) is 0.527. The van der Waals surface area contributed by atoms with Crippen molar-refractivity contribution in [3.63, 3.8) is 0 Å². The van der Waals surface area contributed by atoms with E-state index in [1.807, 2.05) is 0 Å². The fourth-order valence-electron chi connectivity index (χ4n) is 0.648. The van der Waals surface area contributed by atoms with Crippen molar-refractivity contribution in [1.29, 1.82) is 0 Å². The van der Waals surface area contributed by atoms with Crippen molar-refractivity contribution in [2.45, 2.75) is 32.6 Å². The lowest BCUT2D eigenvalue weighted by Crippen LogP contribution is -2.00. The van der Waals surface area contributed by atoms with Gasteiger partial charge in [-0.15, -0.1) is 0 Å². The minimum absolute atomic E-state index is 0.122. The smallest absolute Gasteiger partial charge is 0.305 e. The van der Waals surface area contributed by atoms with E-state index in [4.69, 9.17) is 15.0 Å². The Bertz CT molecular complexity index is 207. The Hall–Kier alpha value is -1.59. The summed E-state index contributed by atoms with van der Waals surface area (Å²) in [6.45, 7) is 1.08. The number of hydrogen-bond acceptors (Lipinski definition) is 4. The average molecular weight is 220 g/mol. The van der Waals surface area contributed by atoms with Crippen LogP contribution in [0.2, 0.25) is 0 Å². The molecule has 0 aromatic heterocycles. The Morgan fingerprint density at radius 3 is 1.80 bits per heavy atom. The summed E-state index contributed by atoms with van der Waals surface area (Å²) in [6, 6.07) is 0. The second-order valence-electron chi connectivity index (χ2n) is 2.70. The van der Waals surface area contributed by atoms with Crippen LogP contribution >= 0.6 is 0 Å². The summed E-state index contributed by atoms with van der Waals surface area (Å²) in [7, 11) is 1.32. The maximum Gasteiger partial charge on any atom is 0.305 e. The van der Waals surface area contributed by atoms with Gasteiger partial charge in [0.25, 0.3) is 5.97 Å². The largest absolute Gasteiger partial charge is 0.481 e. The number of carboxylic acids is 2. The van der Waals surface area contributed by atoms with Crippen LogP contribution in [0, 0.1) is 0 Å². The number of ether oxygens (including phenoxy) is 1. The van der Waals surface area contributed by atoms with E-state index in [1.165, 1.54) is 7.11 Å². The topological polar surface area (TPSA) is 101 Å². The summed E-state index contributed by atoms with van der Waals surface area (Å²) in [4.78, 5) is 29.5. The van der Waals surface area contributed by atoms with Gasteiger partial charge in [0.2, 0.25) is 0 Å². The molecule has 6 heteroatoms. The molecule has 0 spiro atoms. The van der Waals surface area contributed by atoms with Crippen LogP contribution < -0.4 is 0 Å². The zero-order valence-corrected chi connectivity index (χ0v) is 8.86. The van der Waals surface area contributed by atoms with Crippen molar-refractivity contribution >= 4 is 17.9 Å². The molecule has 6 nitrogen and oxygen atoms in total. The number of carbonyl (C=O) groups is 3. The first-order valence-electron chi connectivity index (χ1n) is 4.38. The standard InChI is InChI=1S/C7H12O4.C2H4O2/c1-11-7(10)5-3-2-4-6(8)9;1-2(3)4/h2-5H2,1H3,(H,8,9);1H3,(H,3,4). The molecule has 0 fully saturated rings. The minimum atomic E-state index is -0.833. The highest BCUT2D eigenvalue weighted by molar-refractivity contribution is 5.69. The fourth-order valence-corrected chi connectivity index (χ4v) is 0.648. The maximum atomic E-state index is 10.5. The number of carbonyl (C=O) groups excluding carboxylic acids is 1. The van der Waals surface area contributed by atoms with Gasteiger partial charge >= 0.3 is 11.9 Å². The average Bonchev–Trinajstić information content (AvgIpc) is 2.10. The Morgan fingerprint density at radius 1 is 1.07 bits per heavy atom. The van der Waals surface area contributed by atoms with Gasteiger partial charge in [0.1, 0.15) is 0 Å². The van der Waals surface area contributed by atoms with E-state index < -0.39 is 11.9 Å². The highest BCUT2D eigenvalue weighted by atomic mass is 16.5. The second kappa shape index (κ2) is 10.5. The molecule has 15 heavy (non-hydrogen) atoms. The Morgan fingerprint density at radius 2 is 1.47 bits per heavy atom. The molecule has 0 aliphatic rings. The Labute approximate surface area is 87.9 Å². The van der Waals surface area contributed by atoms with E-state index in [0.29, 0.717) is 19.3 Å². The summed E-state index contributed by atoms with van der Waals surface area (Å²) in [5, 5.41) is 15.6. The molecule has 0 unspecified atom stereocenters. The van der Waals surface area contributed by atoms with Gasteiger partial charge in [0, 0.05) is 19.8 Å². The molecule has 0 radical (unpaired) electrons. The zero-order valence-electron chi connectivity index (χ0n) is 8.86. The molecule has 88 valence electrons. The van der Waals surface area contributed by atoms with Crippen molar-refractivity contribution in [3.05, 3.63) is 0 Å². The summed E-state index contributed by atoms with van der Waals surface area (Å²) >= 11 is 0. The molecule has 0 bridgehead atoms. The molecular formula is C9H16O6. The first-order chi connectivity index (χ1) is 6.90. The number of carboxylic acid groups (broad SMARTS) is 2. The van der Waals surface area contributed by atoms with Gasteiger partial charge in [0.05, 0.1) is 7.11 Å². The highest BCUT2D eigenvalue weighted by Gasteiger charge is 2.01. The molecule has 0 amide bonds. The van der Waals surface area contributed by atoms with Crippen LogP contribution in [0.15, 0.2) is 0 Å². The lowest BCUT2D eigenvalue weighted by Gasteiger charge is -1.96. The SMILES string of the molecule is CC(=O)O.COC(=O)CCCCC(=O)O. The Balaban J connectivity index is 0. The molecular weight excluding hydrogens is 204 g/mol. The highest BCUT2D eigenvalue weighted by Crippen LogP contribution is 2.00. The molecule has 0 aromatic carbocycles. The van der Waals surface area contributed by atoms with Crippen molar-refractivity contribution in [3.8, 4) is 0 Å². The number of aliphatic carboxylic acids is 2. The third kappa shape index (κ3) is 24.5. The predicted octanol–water partition coefficient (Wildman–Crippen LogP) is 0.895. The van der Waals surface area contributed by atoms with Gasteiger partial charge in [-0.05, 0) is 12.8 Å². The summed E-state index contributed by atoms with van der Waals surface area (Å²) in [5.74, 6) is -1.94. The maximum absolute atomic E-state index is 10.5. The monoisotopic (exact) mass is 220 g/mol. The molecule has 0 aliphatic carbocycles. The van der Waals surface area contributed by atoms with Crippen LogP contribution in [0.4, 0.5) is 0 Å². The molecule has 0 rings (SSSR count). The van der Waals surface area contributed by atoms with E-state index in [9.17, 15) is 9.59 Å². The van der Waals surface area contributed by atoms with Gasteiger partial charge in [-0.1, -0.05) is 0 Å². The molecule has 2 N–H and O–H groups in total. The van der Waals surface area contributed by atoms with Crippen LogP contribution in [-0.2, 0) is 19.1 Å². The number of unbranched alkanes of at least 4 members (excludes halogenated alkanes) is 1. The van der Waals surface area contributed by atoms with Crippen LogP contribution in [0.3, 0.4) is 0 Å². The lowest BCUT2D eigenvalue weighted by molar-refractivity contribution is -0.141. The van der Waals surface area contributed by atoms with Crippen LogP contribution in [0.5, 0.6) is 0 Å². The first-order valence-corrected chi connectivity index (χ1v) is 4.38. The molecule has 0 aromatic rings. The van der Waals surface area contributed by atoms with E-state index in [2.05, 4.69) is 4.74 Å². The van der Waals surface area contributed by atoms with Crippen molar-refractivity contribution in [2.24, 2.45) is 0 Å². The van der Waals surface area contributed by atoms with Gasteiger partial charge in [-0.3, -0.25) is 14.4 Å². The summed E-state index contributed by atoms with van der Waals surface area (Å²) in [6.07, 6.45) is 1.55. The number of esters is 1. The van der Waals surface area contributed by atoms with Gasteiger partial charge in [0.15, 0.2) is 0 Å². The van der Waals surface area contributed by atoms with E-state index in [-0.39, 0.29) is 12.4 Å². The normalized spacial score (nSPS) is 8.40. The van der Waals surface area contributed by atoms with Crippen molar-refractivity contribution < 1.29 is 29.3 Å². The molecule has 0 saturated heterocycles. The van der Waals surface area contributed by atoms with E-state index in [0.717, 1.165) is 6.92 Å². The van der Waals surface area contributed by atoms with Gasteiger partial charge < -0.3 is 14.9 Å². The minimum Gasteiger partial charge on any atom is -0.481 e. The Kier molecular flexibility index (Phi) is 11.1. The van der Waals surface area contributed by atoms with Crippen LogP contribution in [0.1, 0.15) is 32.6 Å².